The molecule has 140 valence electrons. The SMILES string of the molecule is O=C(NCc1cccnc1OC1CCCC1)c1[nH]c2ccc(F)cc2c1Cl. The van der Waals surface area contributed by atoms with E-state index in [1.807, 2.05) is 12.1 Å². The number of amides is 1. The molecule has 0 atom stereocenters. The molecule has 1 fully saturated rings. The molecule has 2 aromatic heterocycles. The van der Waals surface area contributed by atoms with Gasteiger partial charge < -0.3 is 15.0 Å². The van der Waals surface area contributed by atoms with Crippen LogP contribution in [0.5, 0.6) is 5.88 Å². The summed E-state index contributed by atoms with van der Waals surface area (Å²) < 4.78 is 19.4. The number of nitrogens with zero attached hydrogens (tertiary/aromatic N) is 1. The molecule has 27 heavy (non-hydrogen) atoms. The van der Waals surface area contributed by atoms with Crippen LogP contribution in [0.3, 0.4) is 0 Å². The average molecular weight is 388 g/mol. The summed E-state index contributed by atoms with van der Waals surface area (Å²) in [5, 5.41) is 3.51. The van der Waals surface area contributed by atoms with E-state index < -0.39 is 5.82 Å². The van der Waals surface area contributed by atoms with Crippen LogP contribution in [0.15, 0.2) is 36.5 Å². The lowest BCUT2D eigenvalue weighted by molar-refractivity contribution is 0.0946. The summed E-state index contributed by atoms with van der Waals surface area (Å²) in [5.41, 5.74) is 1.62. The van der Waals surface area contributed by atoms with Crippen LogP contribution in [0.1, 0.15) is 41.7 Å². The number of carbonyl (C=O) groups excluding carboxylic acids is 1. The molecule has 1 aliphatic rings. The fraction of sp³-hybridized carbons (Fsp3) is 0.300. The quantitative estimate of drug-likeness (QED) is 0.672. The second-order valence-electron chi connectivity index (χ2n) is 6.68. The van der Waals surface area contributed by atoms with Gasteiger partial charge in [-0.05, 0) is 49.9 Å². The Bertz CT molecular complexity index is 983. The topological polar surface area (TPSA) is 67.0 Å². The van der Waals surface area contributed by atoms with Crippen LogP contribution in [0.2, 0.25) is 5.02 Å². The number of nitrogens with one attached hydrogen (secondary N) is 2. The normalized spacial score (nSPS) is 14.6. The molecule has 3 aromatic rings. The van der Waals surface area contributed by atoms with Crippen LogP contribution >= 0.6 is 11.6 Å². The first-order chi connectivity index (χ1) is 13.1. The minimum absolute atomic E-state index is 0.187. The third-order valence-corrected chi connectivity index (χ3v) is 5.19. The number of hydrogen-bond donors (Lipinski definition) is 2. The summed E-state index contributed by atoms with van der Waals surface area (Å²) in [6.07, 6.45) is 6.27. The Kier molecular flexibility index (Phi) is 4.99. The zero-order valence-corrected chi connectivity index (χ0v) is 15.4. The van der Waals surface area contributed by atoms with E-state index in [0.29, 0.717) is 16.8 Å². The molecule has 1 saturated carbocycles. The van der Waals surface area contributed by atoms with E-state index in [9.17, 15) is 9.18 Å². The zero-order valence-electron chi connectivity index (χ0n) is 14.6. The predicted molar refractivity (Wildman–Crippen MR) is 102 cm³/mol. The Hall–Kier alpha value is -2.60. The van der Waals surface area contributed by atoms with Gasteiger partial charge in [-0.2, -0.15) is 0 Å². The van der Waals surface area contributed by atoms with E-state index in [1.54, 1.807) is 12.3 Å². The predicted octanol–water partition coefficient (Wildman–Crippen LogP) is 4.61. The maximum absolute atomic E-state index is 13.4. The highest BCUT2D eigenvalue weighted by atomic mass is 35.5. The van der Waals surface area contributed by atoms with Crippen LogP contribution in [-0.2, 0) is 6.54 Å². The fourth-order valence-corrected chi connectivity index (χ4v) is 3.67. The Balaban J connectivity index is 1.49. The highest BCUT2D eigenvalue weighted by Crippen LogP contribution is 2.28. The first-order valence-corrected chi connectivity index (χ1v) is 9.35. The van der Waals surface area contributed by atoms with Gasteiger partial charge in [0, 0.05) is 29.2 Å². The van der Waals surface area contributed by atoms with Gasteiger partial charge in [-0.25, -0.2) is 9.37 Å². The summed E-state index contributed by atoms with van der Waals surface area (Å²) >= 11 is 6.25. The van der Waals surface area contributed by atoms with E-state index in [-0.39, 0.29) is 29.3 Å². The summed E-state index contributed by atoms with van der Waals surface area (Å²) in [7, 11) is 0. The van der Waals surface area contributed by atoms with Crippen molar-refractivity contribution in [2.24, 2.45) is 0 Å². The molecular weight excluding hydrogens is 369 g/mol. The standard InChI is InChI=1S/C20H19ClFN3O2/c21-17-15-10-13(22)7-8-16(15)25-18(17)19(26)24-11-12-4-3-9-23-20(12)27-14-5-1-2-6-14/h3-4,7-10,14,25H,1-2,5-6,11H2,(H,24,26). The van der Waals surface area contributed by atoms with Crippen LogP contribution in [0, 0.1) is 5.82 Å². The highest BCUT2D eigenvalue weighted by Gasteiger charge is 2.20. The number of benzene rings is 1. The summed E-state index contributed by atoms with van der Waals surface area (Å²) in [5.74, 6) is -0.221. The third-order valence-electron chi connectivity index (χ3n) is 4.79. The van der Waals surface area contributed by atoms with E-state index >= 15 is 0 Å². The molecule has 2 heterocycles. The van der Waals surface area contributed by atoms with Gasteiger partial charge in [0.25, 0.3) is 5.91 Å². The van der Waals surface area contributed by atoms with Crippen molar-refractivity contribution in [2.75, 3.05) is 0 Å². The molecule has 0 bridgehead atoms. The first-order valence-electron chi connectivity index (χ1n) is 8.97. The Labute approximate surface area is 160 Å². The maximum Gasteiger partial charge on any atom is 0.269 e. The smallest absolute Gasteiger partial charge is 0.269 e. The Morgan fingerprint density at radius 1 is 1.33 bits per heavy atom. The summed E-state index contributed by atoms with van der Waals surface area (Å²) in [6, 6.07) is 7.86. The number of hydrogen-bond acceptors (Lipinski definition) is 3. The van der Waals surface area contributed by atoms with Crippen molar-refractivity contribution in [2.45, 2.75) is 38.3 Å². The van der Waals surface area contributed by atoms with Gasteiger partial charge in [0.2, 0.25) is 5.88 Å². The largest absolute Gasteiger partial charge is 0.474 e. The first kappa shape index (κ1) is 17.8. The number of aromatic nitrogens is 2. The van der Waals surface area contributed by atoms with Crippen LogP contribution in [-0.4, -0.2) is 22.0 Å². The monoisotopic (exact) mass is 387 g/mol. The number of ether oxygens (including phenoxy) is 1. The van der Waals surface area contributed by atoms with Crippen molar-refractivity contribution in [1.29, 1.82) is 0 Å². The van der Waals surface area contributed by atoms with Crippen molar-refractivity contribution in [3.63, 3.8) is 0 Å². The molecule has 0 unspecified atom stereocenters. The van der Waals surface area contributed by atoms with Crippen molar-refractivity contribution in [3.8, 4) is 5.88 Å². The van der Waals surface area contributed by atoms with Gasteiger partial charge in [0.05, 0.1) is 5.02 Å². The zero-order chi connectivity index (χ0) is 18.8. The molecule has 1 aliphatic carbocycles. The van der Waals surface area contributed by atoms with Gasteiger partial charge in [0.1, 0.15) is 17.6 Å². The van der Waals surface area contributed by atoms with Crippen LogP contribution in [0.25, 0.3) is 10.9 Å². The van der Waals surface area contributed by atoms with Crippen molar-refractivity contribution in [1.82, 2.24) is 15.3 Å². The number of halogens is 2. The summed E-state index contributed by atoms with van der Waals surface area (Å²) in [6.45, 7) is 0.259. The molecule has 5 nitrogen and oxygen atoms in total. The fourth-order valence-electron chi connectivity index (χ4n) is 3.38. The molecule has 1 aromatic carbocycles. The number of H-pyrrole nitrogens is 1. The Morgan fingerprint density at radius 2 is 2.15 bits per heavy atom. The van der Waals surface area contributed by atoms with Crippen LogP contribution < -0.4 is 10.1 Å². The molecule has 1 amide bonds. The van der Waals surface area contributed by atoms with E-state index in [2.05, 4.69) is 15.3 Å². The number of carbonyl (C=O) groups is 1. The molecular formula is C20H19ClFN3O2. The minimum atomic E-state index is -0.403. The Morgan fingerprint density at radius 3 is 2.96 bits per heavy atom. The molecule has 0 saturated heterocycles. The average Bonchev–Trinajstić information content (AvgIpc) is 3.29. The van der Waals surface area contributed by atoms with Crippen molar-refractivity contribution in [3.05, 3.63) is 58.6 Å². The number of rotatable bonds is 5. The summed E-state index contributed by atoms with van der Waals surface area (Å²) in [4.78, 5) is 19.8. The minimum Gasteiger partial charge on any atom is -0.474 e. The van der Waals surface area contributed by atoms with Gasteiger partial charge in [-0.3, -0.25) is 4.79 Å². The maximum atomic E-state index is 13.4. The molecule has 7 heteroatoms. The van der Waals surface area contributed by atoms with Gasteiger partial charge in [-0.15, -0.1) is 0 Å². The van der Waals surface area contributed by atoms with E-state index in [1.165, 1.54) is 25.0 Å². The number of pyridine rings is 1. The lowest BCUT2D eigenvalue weighted by atomic mass is 10.2. The van der Waals surface area contributed by atoms with Gasteiger partial charge >= 0.3 is 0 Å². The van der Waals surface area contributed by atoms with Gasteiger partial charge in [0.15, 0.2) is 0 Å². The lowest BCUT2D eigenvalue weighted by Gasteiger charge is -2.15. The van der Waals surface area contributed by atoms with Gasteiger partial charge in [-0.1, -0.05) is 17.7 Å². The van der Waals surface area contributed by atoms with Crippen LogP contribution in [0.4, 0.5) is 4.39 Å². The molecule has 0 aliphatic heterocycles. The molecule has 0 radical (unpaired) electrons. The molecule has 4 rings (SSSR count). The van der Waals surface area contributed by atoms with E-state index in [4.69, 9.17) is 16.3 Å². The lowest BCUT2D eigenvalue weighted by Crippen LogP contribution is -2.24. The van der Waals surface area contributed by atoms with Crippen molar-refractivity contribution >= 4 is 28.4 Å². The second kappa shape index (κ2) is 7.56. The molecule has 2 N–H and O–H groups in total. The van der Waals surface area contributed by atoms with Crippen molar-refractivity contribution < 1.29 is 13.9 Å². The molecule has 0 spiro atoms. The number of fused-ring (bicyclic) bond motifs is 1. The highest BCUT2D eigenvalue weighted by molar-refractivity contribution is 6.38. The third kappa shape index (κ3) is 3.76. The number of aromatic amines is 1. The van der Waals surface area contributed by atoms with E-state index in [0.717, 1.165) is 18.4 Å². The second-order valence-corrected chi connectivity index (χ2v) is 7.06.